The van der Waals surface area contributed by atoms with Crippen molar-refractivity contribution in [3.8, 4) is 0 Å². The van der Waals surface area contributed by atoms with Gasteiger partial charge in [0.15, 0.2) is 23.3 Å². The second-order valence-electron chi connectivity index (χ2n) is 4.55. The summed E-state index contributed by atoms with van der Waals surface area (Å²) in [5.74, 6) is -9.94. The van der Waals surface area contributed by atoms with Crippen molar-refractivity contribution in [1.82, 2.24) is 0 Å². The SMILES string of the molecule is Cc1ccc(C(=S)C=Cc2c(F)c(F)c(F)c(F)c2F)cc1. The Morgan fingerprint density at radius 1 is 0.818 bits per heavy atom. The summed E-state index contributed by atoms with van der Waals surface area (Å²) in [6, 6.07) is 6.96. The van der Waals surface area contributed by atoms with E-state index in [4.69, 9.17) is 12.2 Å². The number of thiocarbonyl (C=S) groups is 1. The van der Waals surface area contributed by atoms with Crippen LogP contribution < -0.4 is 0 Å². The number of benzene rings is 2. The third kappa shape index (κ3) is 3.06. The molecule has 22 heavy (non-hydrogen) atoms. The highest BCUT2D eigenvalue weighted by Crippen LogP contribution is 2.24. The first-order valence-corrected chi connectivity index (χ1v) is 6.54. The fraction of sp³-hybridized carbons (Fsp3) is 0.0625. The molecule has 2 aromatic rings. The number of hydrogen-bond acceptors (Lipinski definition) is 1. The summed E-state index contributed by atoms with van der Waals surface area (Å²) in [6.07, 6.45) is 1.90. The lowest BCUT2D eigenvalue weighted by Crippen LogP contribution is -2.04. The molecule has 0 aliphatic heterocycles. The molecule has 0 N–H and O–H groups in total. The smallest absolute Gasteiger partial charge is 0.200 e. The second-order valence-corrected chi connectivity index (χ2v) is 4.99. The van der Waals surface area contributed by atoms with E-state index in [0.29, 0.717) is 5.56 Å². The maximum absolute atomic E-state index is 13.5. The lowest BCUT2D eigenvalue weighted by Gasteiger charge is -2.04. The first-order valence-electron chi connectivity index (χ1n) is 6.13. The summed E-state index contributed by atoms with van der Waals surface area (Å²) in [5.41, 5.74) is 0.571. The molecule has 0 amide bonds. The van der Waals surface area contributed by atoms with E-state index in [1.807, 2.05) is 6.92 Å². The average Bonchev–Trinajstić information content (AvgIpc) is 2.51. The highest BCUT2D eigenvalue weighted by molar-refractivity contribution is 7.81. The fourth-order valence-corrected chi connectivity index (χ4v) is 1.95. The normalized spacial score (nSPS) is 11.2. The van der Waals surface area contributed by atoms with Crippen LogP contribution in [0, 0.1) is 36.0 Å². The van der Waals surface area contributed by atoms with Gasteiger partial charge in [-0.3, -0.25) is 0 Å². The van der Waals surface area contributed by atoms with Crippen LogP contribution in [0.3, 0.4) is 0 Å². The summed E-state index contributed by atoms with van der Waals surface area (Å²) in [4.78, 5) is 0.212. The van der Waals surface area contributed by atoms with Crippen LogP contribution in [0.4, 0.5) is 22.0 Å². The standard InChI is InChI=1S/C16H9F5S/c1-8-2-4-9(5-3-8)11(22)7-6-10-12(17)14(19)16(21)15(20)13(10)18/h2-7H,1H3. The topological polar surface area (TPSA) is 0 Å². The van der Waals surface area contributed by atoms with E-state index in [2.05, 4.69) is 0 Å². The Bertz CT molecular complexity index is 734. The molecule has 0 nitrogen and oxygen atoms in total. The predicted molar refractivity (Wildman–Crippen MR) is 78.1 cm³/mol. The molecule has 0 saturated carbocycles. The van der Waals surface area contributed by atoms with Gasteiger partial charge in [0.2, 0.25) is 5.82 Å². The lowest BCUT2D eigenvalue weighted by molar-refractivity contribution is 0.377. The Balaban J connectivity index is 2.38. The van der Waals surface area contributed by atoms with Crippen molar-refractivity contribution >= 4 is 23.2 Å². The second kappa shape index (κ2) is 6.36. The largest absolute Gasteiger partial charge is 0.203 e. The third-order valence-electron chi connectivity index (χ3n) is 2.98. The van der Waals surface area contributed by atoms with Crippen LogP contribution in [0.15, 0.2) is 30.3 Å². The zero-order valence-electron chi connectivity index (χ0n) is 11.3. The van der Waals surface area contributed by atoms with Crippen LogP contribution in [0.5, 0.6) is 0 Å². The van der Waals surface area contributed by atoms with Crippen molar-refractivity contribution < 1.29 is 22.0 Å². The van der Waals surface area contributed by atoms with Gasteiger partial charge in [-0.25, -0.2) is 22.0 Å². The number of rotatable bonds is 3. The van der Waals surface area contributed by atoms with Gasteiger partial charge in [0, 0.05) is 4.86 Å². The molecule has 0 radical (unpaired) electrons. The van der Waals surface area contributed by atoms with Crippen LogP contribution in [0.1, 0.15) is 16.7 Å². The molecule has 0 aromatic heterocycles. The van der Waals surface area contributed by atoms with E-state index >= 15 is 0 Å². The Kier molecular flexibility index (Phi) is 4.71. The van der Waals surface area contributed by atoms with E-state index in [1.165, 1.54) is 0 Å². The van der Waals surface area contributed by atoms with Crippen molar-refractivity contribution in [3.05, 3.63) is 76.1 Å². The minimum Gasteiger partial charge on any atom is -0.203 e. The zero-order chi connectivity index (χ0) is 16.4. The Hall–Kier alpha value is -2.08. The van der Waals surface area contributed by atoms with Gasteiger partial charge < -0.3 is 0 Å². The van der Waals surface area contributed by atoms with E-state index in [1.54, 1.807) is 24.3 Å². The number of aryl methyl sites for hydroxylation is 1. The highest BCUT2D eigenvalue weighted by Gasteiger charge is 2.24. The first-order chi connectivity index (χ1) is 10.3. The Morgan fingerprint density at radius 3 is 1.77 bits per heavy atom. The van der Waals surface area contributed by atoms with Crippen molar-refractivity contribution in [2.75, 3.05) is 0 Å². The zero-order valence-corrected chi connectivity index (χ0v) is 12.1. The molecule has 0 bridgehead atoms. The number of allylic oxidation sites excluding steroid dienone is 1. The van der Waals surface area contributed by atoms with E-state index in [9.17, 15) is 22.0 Å². The molecule has 0 aliphatic rings. The van der Waals surface area contributed by atoms with Crippen molar-refractivity contribution in [1.29, 1.82) is 0 Å². The minimum absolute atomic E-state index is 0.212. The van der Waals surface area contributed by atoms with Gasteiger partial charge >= 0.3 is 0 Å². The van der Waals surface area contributed by atoms with Crippen molar-refractivity contribution in [3.63, 3.8) is 0 Å². The molecule has 0 heterocycles. The number of halogens is 5. The molecule has 114 valence electrons. The maximum Gasteiger partial charge on any atom is 0.200 e. The lowest BCUT2D eigenvalue weighted by atomic mass is 10.1. The molecular formula is C16H9F5S. The molecule has 0 atom stereocenters. The third-order valence-corrected chi connectivity index (χ3v) is 3.35. The highest BCUT2D eigenvalue weighted by atomic mass is 32.1. The van der Waals surface area contributed by atoms with Crippen LogP contribution in [-0.4, -0.2) is 4.86 Å². The average molecular weight is 328 g/mol. The van der Waals surface area contributed by atoms with Crippen LogP contribution >= 0.6 is 12.2 Å². The molecule has 0 unspecified atom stereocenters. The van der Waals surface area contributed by atoms with Gasteiger partial charge in [-0.1, -0.05) is 42.0 Å². The van der Waals surface area contributed by atoms with Gasteiger partial charge in [-0.2, -0.15) is 0 Å². The van der Waals surface area contributed by atoms with Crippen LogP contribution in [0.2, 0.25) is 0 Å². The van der Waals surface area contributed by atoms with Gasteiger partial charge in [-0.05, 0) is 24.6 Å². The minimum atomic E-state index is -2.19. The summed E-state index contributed by atoms with van der Waals surface area (Å²) >= 11 is 5.05. The molecule has 6 heteroatoms. The van der Waals surface area contributed by atoms with E-state index in [-0.39, 0.29) is 4.86 Å². The summed E-state index contributed by atoms with van der Waals surface area (Å²) in [5, 5.41) is 0. The molecule has 2 rings (SSSR count). The number of hydrogen-bond donors (Lipinski definition) is 0. The van der Waals surface area contributed by atoms with Crippen LogP contribution in [-0.2, 0) is 0 Å². The summed E-state index contributed by atoms with van der Waals surface area (Å²) in [6.45, 7) is 1.87. The Morgan fingerprint density at radius 2 is 1.27 bits per heavy atom. The molecule has 0 saturated heterocycles. The van der Waals surface area contributed by atoms with Gasteiger partial charge in [-0.15, -0.1) is 0 Å². The van der Waals surface area contributed by atoms with Crippen LogP contribution in [0.25, 0.3) is 6.08 Å². The monoisotopic (exact) mass is 328 g/mol. The summed E-state index contributed by atoms with van der Waals surface area (Å²) in [7, 11) is 0. The molecule has 0 spiro atoms. The van der Waals surface area contributed by atoms with E-state index < -0.39 is 34.6 Å². The van der Waals surface area contributed by atoms with Crippen molar-refractivity contribution in [2.24, 2.45) is 0 Å². The maximum atomic E-state index is 13.5. The van der Waals surface area contributed by atoms with Gasteiger partial charge in [0.1, 0.15) is 0 Å². The van der Waals surface area contributed by atoms with Gasteiger partial charge in [0.05, 0.1) is 5.56 Å². The predicted octanol–water partition coefficient (Wildman–Crippen LogP) is 5.12. The van der Waals surface area contributed by atoms with Gasteiger partial charge in [0.25, 0.3) is 0 Å². The Labute approximate surface area is 128 Å². The fourth-order valence-electron chi connectivity index (χ4n) is 1.74. The molecular weight excluding hydrogens is 319 g/mol. The van der Waals surface area contributed by atoms with Crippen molar-refractivity contribution in [2.45, 2.75) is 6.92 Å². The van der Waals surface area contributed by atoms with E-state index in [0.717, 1.165) is 17.7 Å². The molecule has 0 aliphatic carbocycles. The summed E-state index contributed by atoms with van der Waals surface area (Å²) < 4.78 is 66.0. The first kappa shape index (κ1) is 16.3. The quantitative estimate of drug-likeness (QED) is 0.188. The molecule has 2 aromatic carbocycles. The molecule has 0 fully saturated rings.